The smallest absolute Gasteiger partial charge is 0.251 e. The SMILES string of the molecule is NS(=O)(=O)c1ccc(CNC(=O)c2ccc(-c3cnc4cnccn34)cc2)cc1. The van der Waals surface area contributed by atoms with Crippen molar-refractivity contribution in [3.05, 3.63) is 84.4 Å². The van der Waals surface area contributed by atoms with Crippen molar-refractivity contribution in [2.75, 3.05) is 0 Å². The van der Waals surface area contributed by atoms with Crippen LogP contribution in [0.1, 0.15) is 15.9 Å². The molecule has 0 spiro atoms. The van der Waals surface area contributed by atoms with Gasteiger partial charge in [-0.15, -0.1) is 0 Å². The summed E-state index contributed by atoms with van der Waals surface area (Å²) in [6.45, 7) is 0.270. The van der Waals surface area contributed by atoms with E-state index in [0.29, 0.717) is 5.56 Å². The molecule has 0 radical (unpaired) electrons. The van der Waals surface area contributed by atoms with Gasteiger partial charge in [0.05, 0.1) is 23.0 Å². The highest BCUT2D eigenvalue weighted by molar-refractivity contribution is 7.89. The summed E-state index contributed by atoms with van der Waals surface area (Å²) in [5.74, 6) is -0.227. The minimum Gasteiger partial charge on any atom is -0.348 e. The average molecular weight is 407 g/mol. The molecule has 4 rings (SSSR count). The molecule has 146 valence electrons. The van der Waals surface area contributed by atoms with Crippen LogP contribution in [-0.4, -0.2) is 28.7 Å². The summed E-state index contributed by atoms with van der Waals surface area (Å²) in [5.41, 5.74) is 3.87. The first kappa shape index (κ1) is 18.8. The normalized spacial score (nSPS) is 11.5. The molecule has 29 heavy (non-hydrogen) atoms. The lowest BCUT2D eigenvalue weighted by Crippen LogP contribution is -2.22. The van der Waals surface area contributed by atoms with Crippen molar-refractivity contribution in [1.82, 2.24) is 19.7 Å². The van der Waals surface area contributed by atoms with Gasteiger partial charge in [-0.25, -0.2) is 18.5 Å². The van der Waals surface area contributed by atoms with Gasteiger partial charge in [0.1, 0.15) is 0 Å². The number of carbonyl (C=O) groups is 1. The number of aromatic nitrogens is 3. The van der Waals surface area contributed by atoms with Crippen LogP contribution >= 0.6 is 0 Å². The van der Waals surface area contributed by atoms with E-state index in [1.54, 1.807) is 42.9 Å². The highest BCUT2D eigenvalue weighted by atomic mass is 32.2. The molecule has 0 unspecified atom stereocenters. The van der Waals surface area contributed by atoms with Gasteiger partial charge in [-0.05, 0) is 29.8 Å². The maximum absolute atomic E-state index is 12.4. The van der Waals surface area contributed by atoms with Crippen LogP contribution in [0, 0.1) is 0 Å². The van der Waals surface area contributed by atoms with Gasteiger partial charge in [0.2, 0.25) is 10.0 Å². The molecule has 1 amide bonds. The Labute approximate surface area is 167 Å². The van der Waals surface area contributed by atoms with E-state index in [-0.39, 0.29) is 17.3 Å². The maximum Gasteiger partial charge on any atom is 0.251 e. The first-order valence-corrected chi connectivity index (χ1v) is 10.2. The predicted octanol–water partition coefficient (Wildman–Crippen LogP) is 1.97. The van der Waals surface area contributed by atoms with Gasteiger partial charge in [0.25, 0.3) is 5.91 Å². The number of primary sulfonamides is 1. The molecule has 0 saturated heterocycles. The van der Waals surface area contributed by atoms with E-state index < -0.39 is 10.0 Å². The molecule has 9 heteroatoms. The van der Waals surface area contributed by atoms with Crippen LogP contribution in [0.15, 0.2) is 78.2 Å². The molecule has 2 heterocycles. The van der Waals surface area contributed by atoms with Gasteiger partial charge >= 0.3 is 0 Å². The predicted molar refractivity (Wildman–Crippen MR) is 107 cm³/mol. The number of fused-ring (bicyclic) bond motifs is 1. The third-order valence-electron chi connectivity index (χ3n) is 4.47. The molecule has 4 aromatic rings. The summed E-state index contributed by atoms with van der Waals surface area (Å²) in [6, 6.07) is 13.3. The van der Waals surface area contributed by atoms with Crippen LogP contribution in [0.2, 0.25) is 0 Å². The molecule has 2 aromatic heterocycles. The third-order valence-corrected chi connectivity index (χ3v) is 5.39. The molecule has 8 nitrogen and oxygen atoms in total. The van der Waals surface area contributed by atoms with Gasteiger partial charge in [-0.2, -0.15) is 0 Å². The molecule has 0 atom stereocenters. The molecule has 0 aliphatic heterocycles. The van der Waals surface area contributed by atoms with E-state index in [0.717, 1.165) is 22.5 Å². The molecule has 0 bridgehead atoms. The van der Waals surface area contributed by atoms with Crippen molar-refractivity contribution in [1.29, 1.82) is 0 Å². The molecule has 0 aliphatic carbocycles. The molecular formula is C20H17N5O3S. The summed E-state index contributed by atoms with van der Waals surface area (Å²) < 4.78 is 24.5. The van der Waals surface area contributed by atoms with Gasteiger partial charge in [0.15, 0.2) is 5.65 Å². The zero-order chi connectivity index (χ0) is 20.4. The van der Waals surface area contributed by atoms with E-state index in [1.165, 1.54) is 12.1 Å². The Kier molecular flexibility index (Phi) is 4.83. The highest BCUT2D eigenvalue weighted by Gasteiger charge is 2.10. The van der Waals surface area contributed by atoms with Crippen molar-refractivity contribution in [2.24, 2.45) is 5.14 Å². The van der Waals surface area contributed by atoms with Crippen molar-refractivity contribution >= 4 is 21.6 Å². The molecular weight excluding hydrogens is 390 g/mol. The number of sulfonamides is 1. The summed E-state index contributed by atoms with van der Waals surface area (Å²) >= 11 is 0. The second-order valence-electron chi connectivity index (χ2n) is 6.40. The highest BCUT2D eigenvalue weighted by Crippen LogP contribution is 2.21. The summed E-state index contributed by atoms with van der Waals surface area (Å²) in [7, 11) is -3.73. The first-order valence-electron chi connectivity index (χ1n) is 8.69. The Morgan fingerprint density at radius 3 is 2.45 bits per heavy atom. The number of benzene rings is 2. The lowest BCUT2D eigenvalue weighted by atomic mass is 10.1. The summed E-state index contributed by atoms with van der Waals surface area (Å²) in [5, 5.41) is 7.89. The quantitative estimate of drug-likeness (QED) is 0.524. The number of rotatable bonds is 5. The summed E-state index contributed by atoms with van der Waals surface area (Å²) in [4.78, 5) is 20.8. The number of nitrogens with one attached hydrogen (secondary N) is 1. The third kappa shape index (κ3) is 4.00. The first-order chi connectivity index (χ1) is 13.9. The largest absolute Gasteiger partial charge is 0.348 e. The van der Waals surface area contributed by atoms with Gasteiger partial charge in [-0.1, -0.05) is 24.3 Å². The van der Waals surface area contributed by atoms with E-state index in [9.17, 15) is 13.2 Å². The number of nitrogens with two attached hydrogens (primary N) is 1. The number of nitrogens with zero attached hydrogens (tertiary/aromatic N) is 3. The van der Waals surface area contributed by atoms with Gasteiger partial charge < -0.3 is 5.32 Å². The molecule has 0 saturated carbocycles. The van der Waals surface area contributed by atoms with Crippen molar-refractivity contribution < 1.29 is 13.2 Å². The molecule has 3 N–H and O–H groups in total. The van der Waals surface area contributed by atoms with Gasteiger partial charge in [-0.3, -0.25) is 14.2 Å². The van der Waals surface area contributed by atoms with Crippen molar-refractivity contribution in [3.8, 4) is 11.3 Å². The maximum atomic E-state index is 12.4. The number of imidazole rings is 1. The fourth-order valence-electron chi connectivity index (χ4n) is 2.93. The fourth-order valence-corrected chi connectivity index (χ4v) is 3.44. The Hall–Kier alpha value is -3.56. The van der Waals surface area contributed by atoms with E-state index in [1.807, 2.05) is 22.7 Å². The van der Waals surface area contributed by atoms with Crippen LogP contribution in [-0.2, 0) is 16.6 Å². The molecule has 0 aliphatic rings. The second kappa shape index (κ2) is 7.46. The fraction of sp³-hybridized carbons (Fsp3) is 0.0500. The van der Waals surface area contributed by atoms with Crippen molar-refractivity contribution in [2.45, 2.75) is 11.4 Å². The lowest BCUT2D eigenvalue weighted by molar-refractivity contribution is 0.0951. The van der Waals surface area contributed by atoms with Crippen LogP contribution in [0.3, 0.4) is 0 Å². The van der Waals surface area contributed by atoms with E-state index in [4.69, 9.17) is 5.14 Å². The number of amides is 1. The Balaban J connectivity index is 1.44. The average Bonchev–Trinajstić information content (AvgIpc) is 3.16. The Morgan fingerprint density at radius 1 is 1.03 bits per heavy atom. The zero-order valence-electron chi connectivity index (χ0n) is 15.2. The van der Waals surface area contributed by atoms with Crippen molar-refractivity contribution in [3.63, 3.8) is 0 Å². The van der Waals surface area contributed by atoms with Crippen LogP contribution in [0.25, 0.3) is 16.9 Å². The number of carbonyl (C=O) groups excluding carboxylic acids is 1. The standard InChI is InChI=1S/C20H17N5O3S/c21-29(27,28)17-7-1-14(2-8-17)11-24-20(26)16-5-3-15(4-6-16)18-12-23-19-13-22-9-10-25(18)19/h1-10,12-13H,11H2,(H,24,26)(H2,21,27,28). The Bertz CT molecular complexity index is 1280. The van der Waals surface area contributed by atoms with E-state index in [2.05, 4.69) is 15.3 Å². The van der Waals surface area contributed by atoms with E-state index >= 15 is 0 Å². The topological polar surface area (TPSA) is 119 Å². The lowest BCUT2D eigenvalue weighted by Gasteiger charge is -2.07. The second-order valence-corrected chi connectivity index (χ2v) is 7.96. The minimum atomic E-state index is -3.73. The summed E-state index contributed by atoms with van der Waals surface area (Å²) in [6.07, 6.45) is 6.97. The minimum absolute atomic E-state index is 0.0337. The zero-order valence-corrected chi connectivity index (χ0v) is 16.0. The number of hydrogen-bond donors (Lipinski definition) is 2. The van der Waals surface area contributed by atoms with Gasteiger partial charge in [0, 0.05) is 30.1 Å². The van der Waals surface area contributed by atoms with Crippen LogP contribution in [0.5, 0.6) is 0 Å². The molecule has 0 fully saturated rings. The van der Waals surface area contributed by atoms with Crippen LogP contribution < -0.4 is 10.5 Å². The monoisotopic (exact) mass is 407 g/mol. The number of hydrogen-bond acceptors (Lipinski definition) is 5. The Morgan fingerprint density at radius 2 is 1.76 bits per heavy atom. The molecule has 2 aromatic carbocycles. The van der Waals surface area contributed by atoms with Crippen LogP contribution in [0.4, 0.5) is 0 Å².